The Bertz CT molecular complexity index is 497. The van der Waals surface area contributed by atoms with Crippen molar-refractivity contribution in [1.29, 1.82) is 0 Å². The minimum Gasteiger partial charge on any atom is -0.362 e. The zero-order valence-corrected chi connectivity index (χ0v) is 14.2. The monoisotopic (exact) mass is 304 g/mol. The smallest absolute Gasteiger partial charge is 0.317 e. The largest absolute Gasteiger partial charge is 0.362 e. The number of anilines is 1. The summed E-state index contributed by atoms with van der Waals surface area (Å²) >= 11 is 0. The number of nitrogens with zero attached hydrogens (tertiary/aromatic N) is 3. The zero-order chi connectivity index (χ0) is 16.1. The highest BCUT2D eigenvalue weighted by Gasteiger charge is 2.25. The van der Waals surface area contributed by atoms with Crippen molar-refractivity contribution < 1.29 is 4.79 Å². The van der Waals surface area contributed by atoms with Gasteiger partial charge in [0.1, 0.15) is 5.82 Å². The molecule has 2 amide bonds. The molecule has 122 valence electrons. The maximum absolute atomic E-state index is 12.5. The number of amides is 2. The highest BCUT2D eigenvalue weighted by Crippen LogP contribution is 2.27. The van der Waals surface area contributed by atoms with E-state index in [1.807, 2.05) is 36.0 Å². The summed E-state index contributed by atoms with van der Waals surface area (Å²) in [5, 5.41) is 3.05. The minimum absolute atomic E-state index is 0.0236. The molecule has 0 saturated heterocycles. The first-order valence-corrected chi connectivity index (χ1v) is 8.14. The van der Waals surface area contributed by atoms with Gasteiger partial charge in [0.15, 0.2) is 0 Å². The third kappa shape index (κ3) is 4.12. The van der Waals surface area contributed by atoms with Gasteiger partial charge in [-0.3, -0.25) is 0 Å². The molecule has 0 radical (unpaired) electrons. The number of nitrogens with one attached hydrogen (secondary N) is 1. The van der Waals surface area contributed by atoms with Crippen LogP contribution in [0.25, 0.3) is 0 Å². The lowest BCUT2D eigenvalue weighted by molar-refractivity contribution is 0.150. The summed E-state index contributed by atoms with van der Waals surface area (Å²) in [5.74, 6) is 1.58. The molecule has 1 saturated carbocycles. The lowest BCUT2D eigenvalue weighted by atomic mass is 9.85. The second-order valence-electron chi connectivity index (χ2n) is 6.58. The maximum Gasteiger partial charge on any atom is 0.317 e. The molecular weight excluding hydrogens is 276 g/mol. The first-order chi connectivity index (χ1) is 10.5. The van der Waals surface area contributed by atoms with E-state index in [-0.39, 0.29) is 12.1 Å². The Kier molecular flexibility index (Phi) is 5.63. The van der Waals surface area contributed by atoms with Crippen LogP contribution in [0.3, 0.4) is 0 Å². The third-order valence-electron chi connectivity index (χ3n) is 4.29. The van der Waals surface area contributed by atoms with Crippen molar-refractivity contribution in [2.24, 2.45) is 5.92 Å². The van der Waals surface area contributed by atoms with Crippen LogP contribution >= 0.6 is 0 Å². The minimum atomic E-state index is 0.0236. The zero-order valence-electron chi connectivity index (χ0n) is 14.2. The summed E-state index contributed by atoms with van der Waals surface area (Å²) < 4.78 is 0. The molecule has 1 heterocycles. The van der Waals surface area contributed by atoms with Crippen LogP contribution in [0.1, 0.15) is 38.7 Å². The summed E-state index contributed by atoms with van der Waals surface area (Å²) in [7, 11) is 3.93. The Labute approximate surface area is 133 Å². The molecule has 0 aromatic carbocycles. The lowest BCUT2D eigenvalue weighted by Gasteiger charge is -2.34. The third-order valence-corrected chi connectivity index (χ3v) is 4.29. The van der Waals surface area contributed by atoms with Crippen LogP contribution in [0.15, 0.2) is 18.3 Å². The number of carbonyl (C=O) groups excluding carboxylic acids is 1. The van der Waals surface area contributed by atoms with E-state index in [0.29, 0.717) is 12.5 Å². The van der Waals surface area contributed by atoms with Crippen LogP contribution in [0.4, 0.5) is 10.6 Å². The van der Waals surface area contributed by atoms with E-state index in [4.69, 9.17) is 0 Å². The summed E-state index contributed by atoms with van der Waals surface area (Å²) in [5.41, 5.74) is 1.04. The molecule has 1 aromatic rings. The molecule has 2 rings (SSSR count). The highest BCUT2D eigenvalue weighted by molar-refractivity contribution is 5.74. The Morgan fingerprint density at radius 3 is 2.68 bits per heavy atom. The maximum atomic E-state index is 12.5. The van der Waals surface area contributed by atoms with Crippen LogP contribution in [0, 0.1) is 5.92 Å². The van der Waals surface area contributed by atoms with Gasteiger partial charge < -0.3 is 15.1 Å². The van der Waals surface area contributed by atoms with Gasteiger partial charge in [-0.1, -0.05) is 12.5 Å². The van der Waals surface area contributed by atoms with Gasteiger partial charge in [-0.25, -0.2) is 9.78 Å². The van der Waals surface area contributed by atoms with Crippen molar-refractivity contribution in [1.82, 2.24) is 15.2 Å². The Morgan fingerprint density at radius 2 is 2.14 bits per heavy atom. The number of aromatic nitrogens is 1. The summed E-state index contributed by atoms with van der Waals surface area (Å²) in [4.78, 5) is 20.8. The Morgan fingerprint density at radius 1 is 1.41 bits per heavy atom. The number of carbonyl (C=O) groups is 1. The topological polar surface area (TPSA) is 48.5 Å². The molecule has 1 aliphatic carbocycles. The van der Waals surface area contributed by atoms with E-state index < -0.39 is 0 Å². The lowest BCUT2D eigenvalue weighted by Crippen LogP contribution is -2.47. The molecule has 0 bridgehead atoms. The van der Waals surface area contributed by atoms with Gasteiger partial charge in [-0.2, -0.15) is 0 Å². The first-order valence-electron chi connectivity index (χ1n) is 8.14. The molecule has 1 aliphatic rings. The van der Waals surface area contributed by atoms with Crippen molar-refractivity contribution in [2.75, 3.05) is 25.5 Å². The Hall–Kier alpha value is -1.78. The molecule has 0 unspecified atom stereocenters. The number of hydrogen-bond acceptors (Lipinski definition) is 3. The summed E-state index contributed by atoms with van der Waals surface area (Å²) in [6.45, 7) is 5.53. The van der Waals surface area contributed by atoms with E-state index in [1.54, 1.807) is 6.20 Å². The fourth-order valence-corrected chi connectivity index (χ4v) is 2.73. The Balaban J connectivity index is 1.95. The molecule has 5 nitrogen and oxygen atoms in total. The van der Waals surface area contributed by atoms with E-state index >= 15 is 0 Å². The van der Waals surface area contributed by atoms with Gasteiger partial charge in [0, 0.05) is 45.0 Å². The first kappa shape index (κ1) is 16.6. The highest BCUT2D eigenvalue weighted by atomic mass is 16.2. The van der Waals surface area contributed by atoms with E-state index in [0.717, 1.165) is 17.9 Å². The normalized spacial score (nSPS) is 14.6. The molecule has 1 fully saturated rings. The fourth-order valence-electron chi connectivity index (χ4n) is 2.73. The predicted molar refractivity (Wildman–Crippen MR) is 90.0 cm³/mol. The molecular formula is C17H28N4O. The van der Waals surface area contributed by atoms with Crippen LogP contribution in [-0.4, -0.2) is 42.6 Å². The summed E-state index contributed by atoms with van der Waals surface area (Å²) in [6, 6.07) is 4.16. The second kappa shape index (κ2) is 7.47. The van der Waals surface area contributed by atoms with Crippen molar-refractivity contribution in [2.45, 2.75) is 45.7 Å². The van der Waals surface area contributed by atoms with Crippen molar-refractivity contribution in [3.05, 3.63) is 23.9 Å². The number of urea groups is 1. The molecule has 0 aliphatic heterocycles. The van der Waals surface area contributed by atoms with Gasteiger partial charge >= 0.3 is 6.03 Å². The van der Waals surface area contributed by atoms with E-state index in [9.17, 15) is 4.79 Å². The van der Waals surface area contributed by atoms with Crippen LogP contribution < -0.4 is 10.2 Å². The standard InChI is InChI=1S/C17H28N4O/c1-13(2)21(12-14-7-5-8-14)17(22)19-11-15-9-6-10-18-16(15)20(3)4/h6,9-10,13-14H,5,7-8,11-12H2,1-4H3,(H,19,22). The quantitative estimate of drug-likeness (QED) is 0.879. The fraction of sp³-hybridized carbons (Fsp3) is 0.647. The van der Waals surface area contributed by atoms with Crippen LogP contribution in [0.5, 0.6) is 0 Å². The summed E-state index contributed by atoms with van der Waals surface area (Å²) in [6.07, 6.45) is 5.59. The van der Waals surface area contributed by atoms with Crippen molar-refractivity contribution in [3.8, 4) is 0 Å². The van der Waals surface area contributed by atoms with Crippen molar-refractivity contribution in [3.63, 3.8) is 0 Å². The van der Waals surface area contributed by atoms with Gasteiger partial charge in [-0.05, 0) is 38.7 Å². The van der Waals surface area contributed by atoms with Gasteiger partial charge in [0.25, 0.3) is 0 Å². The average Bonchev–Trinajstić information content (AvgIpc) is 2.43. The molecule has 1 N–H and O–H groups in total. The van der Waals surface area contributed by atoms with E-state index in [1.165, 1.54) is 19.3 Å². The number of rotatable bonds is 6. The van der Waals surface area contributed by atoms with Gasteiger partial charge in [0.05, 0.1) is 0 Å². The molecule has 1 aromatic heterocycles. The molecule has 5 heteroatoms. The van der Waals surface area contributed by atoms with E-state index in [2.05, 4.69) is 24.1 Å². The second-order valence-corrected chi connectivity index (χ2v) is 6.58. The van der Waals surface area contributed by atoms with Gasteiger partial charge in [0.2, 0.25) is 0 Å². The molecule has 0 atom stereocenters. The number of hydrogen-bond donors (Lipinski definition) is 1. The predicted octanol–water partition coefficient (Wildman–Crippen LogP) is 2.87. The molecule has 0 spiro atoms. The van der Waals surface area contributed by atoms with Crippen LogP contribution in [0.2, 0.25) is 0 Å². The van der Waals surface area contributed by atoms with Crippen molar-refractivity contribution >= 4 is 11.8 Å². The average molecular weight is 304 g/mol. The molecule has 22 heavy (non-hydrogen) atoms. The van der Waals surface area contributed by atoms with Gasteiger partial charge in [-0.15, -0.1) is 0 Å². The SMILES string of the molecule is CC(C)N(CC1CCC1)C(=O)NCc1cccnc1N(C)C. The van der Waals surface area contributed by atoms with Crippen LogP contribution in [-0.2, 0) is 6.54 Å². The number of pyridine rings is 1.